The maximum atomic E-state index is 12.6. The van der Waals surface area contributed by atoms with E-state index in [0.29, 0.717) is 11.8 Å². The van der Waals surface area contributed by atoms with E-state index in [1.165, 1.54) is 18.2 Å². The Morgan fingerprint density at radius 3 is 2.56 bits per heavy atom. The maximum absolute atomic E-state index is 12.6. The zero-order valence-electron chi connectivity index (χ0n) is 15.8. The van der Waals surface area contributed by atoms with E-state index in [9.17, 15) is 9.59 Å². The maximum Gasteiger partial charge on any atom is 0.246 e. The third kappa shape index (κ3) is 5.30. The van der Waals surface area contributed by atoms with E-state index >= 15 is 0 Å². The van der Waals surface area contributed by atoms with Crippen LogP contribution in [0.25, 0.3) is 0 Å². The highest BCUT2D eigenvalue weighted by Gasteiger charge is 2.43. The lowest BCUT2D eigenvalue weighted by atomic mass is 10.0. The van der Waals surface area contributed by atoms with Gasteiger partial charge in [0, 0.05) is 13.2 Å². The molecule has 25 heavy (non-hydrogen) atoms. The van der Waals surface area contributed by atoms with E-state index < -0.39 is 6.04 Å². The Morgan fingerprint density at radius 2 is 1.96 bits per heavy atom. The zero-order valence-corrected chi connectivity index (χ0v) is 15.8. The topological polar surface area (TPSA) is 67.4 Å². The molecule has 1 aromatic carbocycles. The number of carbonyl (C=O) groups excluding carboxylic acids is 2. The third-order valence-electron chi connectivity index (χ3n) is 4.86. The molecule has 5 nitrogen and oxygen atoms in total. The molecule has 2 rings (SSSR count). The van der Waals surface area contributed by atoms with Crippen LogP contribution in [-0.4, -0.2) is 37.6 Å². The lowest BCUT2D eigenvalue weighted by Gasteiger charge is -2.24. The Bertz CT molecular complexity index is 615. The molecule has 1 aromatic rings. The molecule has 0 spiro atoms. The van der Waals surface area contributed by atoms with E-state index in [1.54, 1.807) is 0 Å². The van der Waals surface area contributed by atoms with Gasteiger partial charge in [-0.05, 0) is 43.6 Å². The highest BCUT2D eigenvalue weighted by Crippen LogP contribution is 2.49. The van der Waals surface area contributed by atoms with Gasteiger partial charge in [-0.15, -0.1) is 0 Å². The van der Waals surface area contributed by atoms with Crippen LogP contribution in [0.2, 0.25) is 0 Å². The molecule has 0 aromatic heterocycles. The standard InChI is InChI=1S/C20H30N2O3/c1-12(2)19(22-18(23)11-25-5)20(24)21-14(4)16-10-17(16)15-8-6-7-13(3)9-15/h6-9,12,14,16-17,19H,10-11H2,1-5H3,(H,21,24)(H,22,23)/t14-,16-,17+,19+/m1/s1. The van der Waals surface area contributed by atoms with Gasteiger partial charge in [-0.25, -0.2) is 0 Å². The van der Waals surface area contributed by atoms with Gasteiger partial charge in [0.25, 0.3) is 0 Å². The quantitative estimate of drug-likeness (QED) is 0.759. The smallest absolute Gasteiger partial charge is 0.246 e. The number of methoxy groups -OCH3 is 1. The van der Waals surface area contributed by atoms with E-state index in [-0.39, 0.29) is 30.4 Å². The third-order valence-corrected chi connectivity index (χ3v) is 4.86. The number of aryl methyl sites for hydroxylation is 1. The van der Waals surface area contributed by atoms with E-state index in [0.717, 1.165) is 6.42 Å². The number of ether oxygens (including phenoxy) is 1. The molecule has 0 saturated heterocycles. The van der Waals surface area contributed by atoms with Gasteiger partial charge in [0.05, 0.1) is 0 Å². The molecule has 138 valence electrons. The van der Waals surface area contributed by atoms with Gasteiger partial charge in [0.15, 0.2) is 0 Å². The molecule has 0 unspecified atom stereocenters. The Balaban J connectivity index is 1.91. The highest BCUT2D eigenvalue weighted by molar-refractivity contribution is 5.88. The Kier molecular flexibility index (Phi) is 6.59. The second kappa shape index (κ2) is 8.48. The van der Waals surface area contributed by atoms with Gasteiger partial charge in [-0.1, -0.05) is 43.7 Å². The minimum atomic E-state index is -0.540. The molecule has 4 atom stereocenters. The van der Waals surface area contributed by atoms with Crippen molar-refractivity contribution in [3.8, 4) is 0 Å². The number of rotatable bonds is 8. The molecule has 1 saturated carbocycles. The number of hydrogen-bond donors (Lipinski definition) is 2. The van der Waals surface area contributed by atoms with Gasteiger partial charge in [0.1, 0.15) is 12.6 Å². The zero-order chi connectivity index (χ0) is 18.6. The molecule has 1 fully saturated rings. The summed E-state index contributed by atoms with van der Waals surface area (Å²) in [4.78, 5) is 24.3. The summed E-state index contributed by atoms with van der Waals surface area (Å²) in [5.41, 5.74) is 2.61. The number of nitrogens with one attached hydrogen (secondary N) is 2. The van der Waals surface area contributed by atoms with Crippen molar-refractivity contribution in [1.82, 2.24) is 10.6 Å². The van der Waals surface area contributed by atoms with Crippen molar-refractivity contribution in [3.63, 3.8) is 0 Å². The molecule has 0 heterocycles. The molecular formula is C20H30N2O3. The van der Waals surface area contributed by atoms with Crippen molar-refractivity contribution in [3.05, 3.63) is 35.4 Å². The second-order valence-electron chi connectivity index (χ2n) is 7.44. The molecule has 0 aliphatic heterocycles. The fraction of sp³-hybridized carbons (Fsp3) is 0.600. The summed E-state index contributed by atoms with van der Waals surface area (Å²) in [6.45, 7) is 7.96. The minimum absolute atomic E-state index is 0.0137. The summed E-state index contributed by atoms with van der Waals surface area (Å²) in [6, 6.07) is 8.11. The summed E-state index contributed by atoms with van der Waals surface area (Å²) in [6.07, 6.45) is 1.09. The number of amides is 2. The highest BCUT2D eigenvalue weighted by atomic mass is 16.5. The molecule has 0 bridgehead atoms. The molecule has 5 heteroatoms. The van der Waals surface area contributed by atoms with Crippen LogP contribution in [0, 0.1) is 18.8 Å². The van der Waals surface area contributed by atoms with Crippen molar-refractivity contribution in [2.45, 2.75) is 52.1 Å². The van der Waals surface area contributed by atoms with Crippen molar-refractivity contribution in [2.24, 2.45) is 11.8 Å². The van der Waals surface area contributed by atoms with Gasteiger partial charge < -0.3 is 15.4 Å². The predicted molar refractivity (Wildman–Crippen MR) is 98.3 cm³/mol. The van der Waals surface area contributed by atoms with Crippen molar-refractivity contribution < 1.29 is 14.3 Å². The van der Waals surface area contributed by atoms with Crippen LogP contribution in [-0.2, 0) is 14.3 Å². The van der Waals surface area contributed by atoms with Crippen LogP contribution in [0.1, 0.15) is 44.2 Å². The van der Waals surface area contributed by atoms with Gasteiger partial charge in [0.2, 0.25) is 11.8 Å². The molecular weight excluding hydrogens is 316 g/mol. The van der Waals surface area contributed by atoms with Gasteiger partial charge in [-0.2, -0.15) is 0 Å². The minimum Gasteiger partial charge on any atom is -0.375 e. The SMILES string of the molecule is COCC(=O)N[C@H](C(=O)N[C@H](C)[C@H]1C[C@H]1c1cccc(C)c1)C(C)C. The van der Waals surface area contributed by atoms with Gasteiger partial charge >= 0.3 is 0 Å². The second-order valence-corrected chi connectivity index (χ2v) is 7.44. The lowest BCUT2D eigenvalue weighted by Crippen LogP contribution is -2.52. The Morgan fingerprint density at radius 1 is 1.24 bits per heavy atom. The first-order valence-corrected chi connectivity index (χ1v) is 8.98. The molecule has 2 N–H and O–H groups in total. The van der Waals surface area contributed by atoms with Crippen LogP contribution in [0.15, 0.2) is 24.3 Å². The van der Waals surface area contributed by atoms with Crippen LogP contribution in [0.4, 0.5) is 0 Å². The first kappa shape index (κ1) is 19.4. The Labute approximate surface area is 150 Å². The molecule has 1 aliphatic rings. The van der Waals surface area contributed by atoms with Gasteiger partial charge in [-0.3, -0.25) is 9.59 Å². The summed E-state index contributed by atoms with van der Waals surface area (Å²) >= 11 is 0. The van der Waals surface area contributed by atoms with Crippen molar-refractivity contribution in [1.29, 1.82) is 0 Å². The predicted octanol–water partition coefficient (Wildman–Crippen LogP) is 2.39. The van der Waals surface area contributed by atoms with E-state index in [4.69, 9.17) is 4.74 Å². The van der Waals surface area contributed by atoms with Crippen molar-refractivity contribution in [2.75, 3.05) is 13.7 Å². The van der Waals surface area contributed by atoms with Crippen LogP contribution in [0.3, 0.4) is 0 Å². The van der Waals surface area contributed by atoms with Crippen molar-refractivity contribution >= 4 is 11.8 Å². The molecule has 2 amide bonds. The molecule has 0 radical (unpaired) electrons. The average molecular weight is 346 g/mol. The molecule has 1 aliphatic carbocycles. The number of hydrogen-bond acceptors (Lipinski definition) is 3. The van der Waals surface area contributed by atoms with Crippen LogP contribution in [0.5, 0.6) is 0 Å². The fourth-order valence-electron chi connectivity index (χ4n) is 3.35. The summed E-state index contributed by atoms with van der Waals surface area (Å²) < 4.78 is 4.82. The fourth-order valence-corrected chi connectivity index (χ4v) is 3.35. The average Bonchev–Trinajstić information content (AvgIpc) is 3.33. The number of carbonyl (C=O) groups is 2. The first-order valence-electron chi connectivity index (χ1n) is 8.98. The Hall–Kier alpha value is -1.88. The van der Waals surface area contributed by atoms with Crippen LogP contribution < -0.4 is 10.6 Å². The van der Waals surface area contributed by atoms with E-state index in [2.05, 4.69) is 41.8 Å². The monoisotopic (exact) mass is 346 g/mol. The van der Waals surface area contributed by atoms with E-state index in [1.807, 2.05) is 20.8 Å². The summed E-state index contributed by atoms with van der Waals surface area (Å²) in [7, 11) is 1.46. The number of benzene rings is 1. The lowest BCUT2D eigenvalue weighted by molar-refractivity contribution is -0.132. The van der Waals surface area contributed by atoms with Crippen LogP contribution >= 0.6 is 0 Å². The normalized spacial score (nSPS) is 21.5. The summed E-state index contributed by atoms with van der Waals surface area (Å²) in [5, 5.41) is 5.85. The first-order chi connectivity index (χ1) is 11.8. The summed E-state index contributed by atoms with van der Waals surface area (Å²) in [5.74, 6) is 0.582. The largest absolute Gasteiger partial charge is 0.375 e.